The molecule has 0 spiro atoms. The van der Waals surface area contributed by atoms with Crippen molar-refractivity contribution in [3.05, 3.63) is 61.3 Å². The minimum Gasteiger partial charge on any atom is -1.00 e. The smallest absolute Gasteiger partial charge is 0.347 e. The van der Waals surface area contributed by atoms with Gasteiger partial charge >= 0.3 is 5.97 Å². The van der Waals surface area contributed by atoms with Gasteiger partial charge in [0.05, 0.1) is 19.6 Å². The van der Waals surface area contributed by atoms with Gasteiger partial charge < -0.3 is 31.6 Å². The molecule has 0 radical (unpaired) electrons. The highest BCUT2D eigenvalue weighted by atomic mass is 79.9. The number of rotatable bonds is 7. The number of carbonyl (C=O) groups excluding carboxylic acids is 2. The number of ether oxygens (including phenoxy) is 2. The lowest BCUT2D eigenvalue weighted by molar-refractivity contribution is -0.995. The van der Waals surface area contributed by atoms with Crippen LogP contribution in [0.25, 0.3) is 0 Å². The molecule has 7 heteroatoms. The van der Waals surface area contributed by atoms with E-state index >= 15 is 0 Å². The molecule has 0 amide bonds. The van der Waals surface area contributed by atoms with Crippen LogP contribution in [0, 0.1) is 5.41 Å². The van der Waals surface area contributed by atoms with E-state index in [1.165, 1.54) is 6.08 Å². The predicted molar refractivity (Wildman–Crippen MR) is 121 cm³/mol. The van der Waals surface area contributed by atoms with Crippen LogP contribution in [0.1, 0.15) is 34.1 Å². The molecule has 2 aliphatic heterocycles. The Balaban J connectivity index is 0.00000512. The number of nitrogens with zero attached hydrogens (tertiary/aromatic N) is 1. The lowest BCUT2D eigenvalue weighted by Crippen LogP contribution is -3.00. The van der Waals surface area contributed by atoms with Crippen molar-refractivity contribution in [2.45, 2.75) is 45.4 Å². The summed E-state index contributed by atoms with van der Waals surface area (Å²) < 4.78 is 12.2. The molecule has 2 unspecified atom stereocenters. The highest BCUT2D eigenvalue weighted by molar-refractivity contribution is 5.99. The summed E-state index contributed by atoms with van der Waals surface area (Å²) in [5.74, 6) is -1.12. The van der Waals surface area contributed by atoms with Gasteiger partial charge in [-0.05, 0) is 39.8 Å². The van der Waals surface area contributed by atoms with Crippen LogP contribution >= 0.6 is 0 Å². The first-order valence-corrected chi connectivity index (χ1v) is 10.9. The molecule has 0 aromatic carbocycles. The Morgan fingerprint density at radius 3 is 1.97 bits per heavy atom. The van der Waals surface area contributed by atoms with Crippen LogP contribution in [-0.2, 0) is 19.1 Å². The van der Waals surface area contributed by atoms with Gasteiger partial charge in [-0.25, -0.2) is 4.79 Å². The average molecular weight is 510 g/mol. The summed E-state index contributed by atoms with van der Waals surface area (Å²) in [5.41, 5.74) is -4.77. The summed E-state index contributed by atoms with van der Waals surface area (Å²) in [5, 5.41) is 11.2. The maximum atomic E-state index is 14.0. The molecule has 6 nitrogen and oxygen atoms in total. The Morgan fingerprint density at radius 1 is 0.969 bits per heavy atom. The summed E-state index contributed by atoms with van der Waals surface area (Å²) in [7, 11) is 0. The lowest BCUT2D eigenvalue weighted by Gasteiger charge is -2.56. The molecule has 0 aromatic heterocycles. The summed E-state index contributed by atoms with van der Waals surface area (Å²) in [6.45, 7) is 13.6. The van der Waals surface area contributed by atoms with Crippen molar-refractivity contribution in [3.63, 3.8) is 0 Å². The molecule has 2 aliphatic rings. The summed E-state index contributed by atoms with van der Waals surface area (Å²) in [6, 6.07) is 0. The molecular weight excluding hydrogens is 474 g/mol. The van der Waals surface area contributed by atoms with E-state index in [1.807, 2.05) is 20.8 Å². The molecule has 0 saturated carbocycles. The zero-order valence-electron chi connectivity index (χ0n) is 19.6. The monoisotopic (exact) mass is 509 g/mol. The summed E-state index contributed by atoms with van der Waals surface area (Å²) >= 11 is 0. The topological polar surface area (TPSA) is 72.8 Å². The second kappa shape index (κ2) is 11.4. The number of ketones is 1. The van der Waals surface area contributed by atoms with E-state index in [4.69, 9.17) is 9.47 Å². The number of Topliss-reactive ketones (excluding diaryl/α,β-unsaturated/α-hetero) is 1. The highest BCUT2D eigenvalue weighted by Crippen LogP contribution is 2.51. The molecule has 2 atom stereocenters. The van der Waals surface area contributed by atoms with E-state index in [-0.39, 0.29) is 33.7 Å². The van der Waals surface area contributed by atoms with Gasteiger partial charge in [-0.1, -0.05) is 43.0 Å². The molecule has 0 aromatic rings. The van der Waals surface area contributed by atoms with E-state index in [1.54, 1.807) is 55.5 Å². The molecule has 2 fully saturated rings. The number of hydrogen-bond acceptors (Lipinski definition) is 5. The average Bonchev–Trinajstić information content (AvgIpc) is 2.79. The predicted octanol–water partition coefficient (Wildman–Crippen LogP) is 0.258. The van der Waals surface area contributed by atoms with Crippen LogP contribution in [0.15, 0.2) is 61.3 Å². The van der Waals surface area contributed by atoms with Crippen LogP contribution in [0.5, 0.6) is 0 Å². The van der Waals surface area contributed by atoms with Crippen molar-refractivity contribution in [2.24, 2.45) is 5.41 Å². The quantitative estimate of drug-likeness (QED) is 0.302. The fourth-order valence-corrected chi connectivity index (χ4v) is 5.02. The van der Waals surface area contributed by atoms with Crippen molar-refractivity contribution in [1.29, 1.82) is 0 Å². The van der Waals surface area contributed by atoms with Crippen LogP contribution in [0.4, 0.5) is 0 Å². The van der Waals surface area contributed by atoms with Crippen LogP contribution < -0.4 is 17.0 Å². The number of cyclic esters (lactones) is 1. The zero-order valence-corrected chi connectivity index (χ0v) is 21.1. The molecule has 178 valence electrons. The van der Waals surface area contributed by atoms with Crippen LogP contribution in [0.2, 0.25) is 0 Å². The molecule has 0 bridgehead atoms. The first-order valence-electron chi connectivity index (χ1n) is 10.9. The Morgan fingerprint density at radius 2 is 1.50 bits per heavy atom. The van der Waals surface area contributed by atoms with Crippen molar-refractivity contribution >= 4 is 11.8 Å². The van der Waals surface area contributed by atoms with Crippen molar-refractivity contribution in [1.82, 2.24) is 0 Å². The fraction of sp³-hybridized carbons (Fsp3) is 0.520. The second-order valence-corrected chi connectivity index (χ2v) is 8.16. The molecular formula is C25H36BrNO5. The van der Waals surface area contributed by atoms with Crippen LogP contribution in [0.3, 0.4) is 0 Å². The van der Waals surface area contributed by atoms with Gasteiger partial charge in [-0.15, -0.1) is 0 Å². The van der Waals surface area contributed by atoms with E-state index in [2.05, 4.69) is 6.58 Å². The fourth-order valence-electron chi connectivity index (χ4n) is 5.02. The SMILES string of the molecule is C=CC[N+]1(C2(C=CC)OC(=O)C(O)(C=CC)CC(=O)C2(C=CC)C=CC)CCOCC1.[Br-]. The van der Waals surface area contributed by atoms with Crippen LogP contribution in [-0.4, -0.2) is 65.5 Å². The minimum absolute atomic E-state index is 0. The normalized spacial score (nSPS) is 33.5. The first-order chi connectivity index (χ1) is 14.8. The molecule has 2 rings (SSSR count). The van der Waals surface area contributed by atoms with Gasteiger partial charge in [0.1, 0.15) is 19.6 Å². The number of carbonyl (C=O) groups is 2. The lowest BCUT2D eigenvalue weighted by atomic mass is 9.68. The van der Waals surface area contributed by atoms with Gasteiger partial charge in [-0.3, -0.25) is 9.28 Å². The number of quaternary nitrogens is 1. The standard InChI is InChI=1S/C25H36NO5.BrH/c1-6-11-23(12-7-2)21(27)20-24(29,13-8-3)22(28)31-25(23,14-9-4)26(15-10-5)16-18-30-19-17-26;/h6-14,29H,5,15-20H2,1-4H3;1H/q+1;/p-1. The Labute approximate surface area is 202 Å². The largest absolute Gasteiger partial charge is 1.00 e. The minimum atomic E-state index is -2.03. The number of allylic oxidation sites excluding steroid dienone is 4. The van der Waals surface area contributed by atoms with E-state index in [0.29, 0.717) is 32.8 Å². The Hall–Kier alpha value is -1.80. The number of morpholine rings is 1. The van der Waals surface area contributed by atoms with Gasteiger partial charge in [0.2, 0.25) is 0 Å². The zero-order chi connectivity index (χ0) is 23.2. The summed E-state index contributed by atoms with van der Waals surface area (Å²) in [4.78, 5) is 27.4. The van der Waals surface area contributed by atoms with E-state index < -0.39 is 22.7 Å². The molecule has 2 heterocycles. The summed E-state index contributed by atoms with van der Waals surface area (Å²) in [6.07, 6.45) is 15.1. The van der Waals surface area contributed by atoms with Gasteiger partial charge in [0, 0.05) is 6.08 Å². The number of hydrogen-bond donors (Lipinski definition) is 1. The molecule has 0 aliphatic carbocycles. The van der Waals surface area contributed by atoms with Gasteiger partial charge in [0.15, 0.2) is 16.8 Å². The third-order valence-corrected chi connectivity index (χ3v) is 6.29. The maximum Gasteiger partial charge on any atom is 0.347 e. The number of aliphatic hydroxyl groups is 1. The number of esters is 1. The first kappa shape index (κ1) is 28.2. The molecule has 32 heavy (non-hydrogen) atoms. The van der Waals surface area contributed by atoms with Gasteiger partial charge in [0.25, 0.3) is 5.72 Å². The van der Waals surface area contributed by atoms with E-state index in [0.717, 1.165) is 0 Å². The Bertz CT molecular complexity index is 797. The third kappa shape index (κ3) is 4.49. The third-order valence-electron chi connectivity index (χ3n) is 6.29. The molecule has 1 N–H and O–H groups in total. The van der Waals surface area contributed by atoms with Crippen molar-refractivity contribution in [2.75, 3.05) is 32.8 Å². The number of halogens is 1. The molecule has 2 saturated heterocycles. The van der Waals surface area contributed by atoms with Gasteiger partial charge in [-0.2, -0.15) is 0 Å². The van der Waals surface area contributed by atoms with Crippen molar-refractivity contribution in [3.8, 4) is 0 Å². The van der Waals surface area contributed by atoms with Crippen molar-refractivity contribution < 1.29 is 45.6 Å². The highest BCUT2D eigenvalue weighted by Gasteiger charge is 2.70. The maximum absolute atomic E-state index is 14.0. The van der Waals surface area contributed by atoms with E-state index in [9.17, 15) is 14.7 Å². The Kier molecular flexibility index (Phi) is 10.0. The second-order valence-electron chi connectivity index (χ2n) is 8.16.